The zero-order valence-electron chi connectivity index (χ0n) is 27.3. The lowest BCUT2D eigenvalue weighted by molar-refractivity contribution is -0.145. The van der Waals surface area contributed by atoms with Gasteiger partial charge in [-0.25, -0.2) is 13.8 Å². The fourth-order valence-electron chi connectivity index (χ4n) is 6.16. The third kappa shape index (κ3) is 9.87. The minimum Gasteiger partial charge on any atom is -0.347 e. The summed E-state index contributed by atoms with van der Waals surface area (Å²) >= 11 is 2.00. The fraction of sp³-hybridized carbons (Fsp3) is 0.688. The summed E-state index contributed by atoms with van der Waals surface area (Å²) in [4.78, 5) is 89.3. The minimum atomic E-state index is -2.98. The summed E-state index contributed by atoms with van der Waals surface area (Å²) in [5.74, 6) is -4.93. The van der Waals surface area contributed by atoms with Crippen LogP contribution in [0.2, 0.25) is 0 Å². The van der Waals surface area contributed by atoms with Gasteiger partial charge in [-0.3, -0.25) is 33.8 Å². The maximum atomic E-state index is 14.2. The molecule has 0 bridgehead atoms. The first-order valence-electron chi connectivity index (χ1n) is 16.4. The van der Waals surface area contributed by atoms with Gasteiger partial charge in [0.15, 0.2) is 0 Å². The highest BCUT2D eigenvalue weighted by atomic mass is 127. The van der Waals surface area contributed by atoms with E-state index in [-0.39, 0.29) is 24.2 Å². The molecule has 13 nitrogen and oxygen atoms in total. The molecule has 1 unspecified atom stereocenters. The highest BCUT2D eigenvalue weighted by Gasteiger charge is 2.47. The summed E-state index contributed by atoms with van der Waals surface area (Å²) in [5.41, 5.74) is -0.805. The van der Waals surface area contributed by atoms with Crippen molar-refractivity contribution in [2.24, 2.45) is 11.3 Å². The topological polar surface area (TPSA) is 180 Å². The van der Waals surface area contributed by atoms with Crippen molar-refractivity contribution in [2.75, 3.05) is 6.54 Å². The first-order valence-corrected chi connectivity index (χ1v) is 17.7. The van der Waals surface area contributed by atoms with Crippen molar-refractivity contribution < 1.29 is 37.5 Å². The Labute approximate surface area is 292 Å². The molecule has 3 fully saturated rings. The van der Waals surface area contributed by atoms with Gasteiger partial charge in [0.1, 0.15) is 29.9 Å². The Morgan fingerprint density at radius 1 is 0.958 bits per heavy atom. The Kier molecular flexibility index (Phi) is 12.8. The van der Waals surface area contributed by atoms with Crippen molar-refractivity contribution in [3.8, 4) is 0 Å². The van der Waals surface area contributed by atoms with Crippen LogP contribution in [0.4, 0.5) is 8.78 Å². The molecule has 5 amide bonds. The molecule has 3 aliphatic rings. The van der Waals surface area contributed by atoms with Crippen LogP contribution >= 0.6 is 22.6 Å². The second-order valence-corrected chi connectivity index (χ2v) is 15.4. The average Bonchev–Trinajstić information content (AvgIpc) is 3.78. The van der Waals surface area contributed by atoms with E-state index in [1.54, 1.807) is 20.8 Å². The number of hydrogen-bond acceptors (Lipinski definition) is 8. The second kappa shape index (κ2) is 16.4. The van der Waals surface area contributed by atoms with Crippen LogP contribution in [0.3, 0.4) is 0 Å². The van der Waals surface area contributed by atoms with Gasteiger partial charge in [-0.15, -0.1) is 0 Å². The van der Waals surface area contributed by atoms with Crippen LogP contribution in [-0.4, -0.2) is 97.3 Å². The molecule has 1 aromatic heterocycles. The Bertz CT molecular complexity index is 1350. The second-order valence-electron chi connectivity index (χ2n) is 13.8. The average molecular weight is 788 g/mol. The number of nitrogens with one attached hydrogen (secondary N) is 4. The number of carbonyl (C=O) groups is 6. The van der Waals surface area contributed by atoms with Crippen molar-refractivity contribution in [3.05, 3.63) is 24.3 Å². The Hall–Kier alpha value is -3.31. The maximum absolute atomic E-state index is 14.2. The molecule has 4 rings (SSSR count). The van der Waals surface area contributed by atoms with Gasteiger partial charge in [-0.1, -0.05) is 62.6 Å². The monoisotopic (exact) mass is 787 g/mol. The van der Waals surface area contributed by atoms with E-state index in [2.05, 4.69) is 31.2 Å². The number of ketones is 1. The van der Waals surface area contributed by atoms with E-state index in [4.69, 9.17) is 0 Å². The molecule has 0 spiro atoms. The number of Topliss-reactive ketones (excluding diaryl/α,β-unsaturated/α-hetero) is 1. The molecular formula is C32H44F2IN7O6. The maximum Gasteiger partial charge on any atom is 0.289 e. The molecule has 264 valence electrons. The lowest BCUT2D eigenvalue weighted by atomic mass is 9.82. The van der Waals surface area contributed by atoms with E-state index in [1.807, 2.05) is 22.6 Å². The number of halogens is 3. The molecule has 4 N–H and O–H groups in total. The number of hydrogen-bond donors (Lipinski definition) is 4. The largest absolute Gasteiger partial charge is 0.347 e. The van der Waals surface area contributed by atoms with Crippen LogP contribution in [-0.2, 0) is 24.0 Å². The molecular weight excluding hydrogens is 743 g/mol. The molecule has 1 aliphatic heterocycles. The van der Waals surface area contributed by atoms with Crippen LogP contribution in [0.5, 0.6) is 0 Å². The number of aromatic nitrogens is 2. The lowest BCUT2D eigenvalue weighted by Crippen LogP contribution is -2.62. The van der Waals surface area contributed by atoms with E-state index in [0.717, 1.165) is 19.3 Å². The number of carbonyl (C=O) groups excluding carboxylic acids is 6. The number of rotatable bonds is 13. The van der Waals surface area contributed by atoms with Crippen LogP contribution in [0.15, 0.2) is 18.6 Å². The van der Waals surface area contributed by atoms with Crippen molar-refractivity contribution in [1.29, 1.82) is 0 Å². The van der Waals surface area contributed by atoms with E-state index < -0.39 is 81.7 Å². The van der Waals surface area contributed by atoms with Crippen LogP contribution in [0, 0.1) is 11.3 Å². The summed E-state index contributed by atoms with van der Waals surface area (Å²) in [6, 6.07) is -5.21. The predicted molar refractivity (Wildman–Crippen MR) is 178 cm³/mol. The third-order valence-corrected chi connectivity index (χ3v) is 10.2. The van der Waals surface area contributed by atoms with E-state index in [0.29, 0.717) is 32.1 Å². The highest BCUT2D eigenvalue weighted by Crippen LogP contribution is 2.31. The van der Waals surface area contributed by atoms with Gasteiger partial charge < -0.3 is 26.2 Å². The van der Waals surface area contributed by atoms with Gasteiger partial charge in [0.25, 0.3) is 11.8 Å². The summed E-state index contributed by atoms with van der Waals surface area (Å²) in [7, 11) is 0. The first-order chi connectivity index (χ1) is 22.7. The lowest BCUT2D eigenvalue weighted by Gasteiger charge is -2.38. The molecule has 1 aromatic rings. The first kappa shape index (κ1) is 37.5. The Morgan fingerprint density at radius 3 is 2.23 bits per heavy atom. The van der Waals surface area contributed by atoms with Crippen molar-refractivity contribution in [1.82, 2.24) is 36.1 Å². The fourth-order valence-corrected chi connectivity index (χ4v) is 7.15. The van der Waals surface area contributed by atoms with Gasteiger partial charge in [0.05, 0.1) is 6.20 Å². The van der Waals surface area contributed by atoms with Crippen molar-refractivity contribution in [2.45, 2.75) is 119 Å². The van der Waals surface area contributed by atoms with Crippen molar-refractivity contribution in [3.63, 3.8) is 0 Å². The standard InChI is InChI=1S/C32H44F2IN7O6/c1-32(2,3)26(41-28(45)23(17-7-5-4-6-8-17)40-27(44)21-16-36-12-13-37-21)31(48)42-14-11-19(35)24(42)29(46)39-20(15-22(33)34)25(43)30(47)38-18-9-10-18/h12-13,16-20,22-24,26H,4-11,14-15H2,1-3H3,(H,38,47)(H,39,46)(H,40,44)(H,41,45)/t19-,20?,23-,24-,26+/m0/s1. The van der Waals surface area contributed by atoms with Gasteiger partial charge in [0.2, 0.25) is 29.9 Å². The third-order valence-electron chi connectivity index (χ3n) is 8.94. The molecule has 0 aromatic carbocycles. The zero-order chi connectivity index (χ0) is 35.2. The van der Waals surface area contributed by atoms with Crippen LogP contribution in [0.25, 0.3) is 0 Å². The Morgan fingerprint density at radius 2 is 1.65 bits per heavy atom. The van der Waals surface area contributed by atoms with E-state index >= 15 is 0 Å². The molecule has 2 saturated carbocycles. The van der Waals surface area contributed by atoms with E-state index in [1.165, 1.54) is 23.5 Å². The van der Waals surface area contributed by atoms with Crippen molar-refractivity contribution >= 4 is 57.9 Å². The van der Waals surface area contributed by atoms with Gasteiger partial charge in [-0.2, -0.15) is 0 Å². The van der Waals surface area contributed by atoms with Gasteiger partial charge >= 0.3 is 0 Å². The SMILES string of the molecule is CC(C)(C)[C@H](NC(=O)[C@@H](NC(=O)c1cnccn1)C1CCCCC1)C(=O)N1CC[C@H](I)[C@H]1C(=O)NC(CC(F)F)C(=O)C(=O)NC1CC1. The van der Waals surface area contributed by atoms with Crippen LogP contribution < -0.4 is 21.3 Å². The van der Waals surface area contributed by atoms with Gasteiger partial charge in [-0.05, 0) is 43.4 Å². The van der Waals surface area contributed by atoms with E-state index in [9.17, 15) is 37.5 Å². The molecule has 0 radical (unpaired) electrons. The normalized spacial score (nSPS) is 21.9. The molecule has 16 heteroatoms. The Balaban J connectivity index is 1.53. The van der Waals surface area contributed by atoms with Crippen LogP contribution in [0.1, 0.15) is 89.0 Å². The quantitative estimate of drug-likeness (QED) is 0.133. The summed E-state index contributed by atoms with van der Waals surface area (Å²) in [6.45, 7) is 5.41. The predicted octanol–water partition coefficient (Wildman–Crippen LogP) is 2.08. The summed E-state index contributed by atoms with van der Waals surface area (Å²) < 4.78 is 26.5. The summed E-state index contributed by atoms with van der Waals surface area (Å²) in [5, 5.41) is 10.5. The molecule has 2 heterocycles. The number of alkyl halides is 3. The number of likely N-dealkylation sites (tertiary alicyclic amines) is 1. The highest BCUT2D eigenvalue weighted by molar-refractivity contribution is 14.1. The summed E-state index contributed by atoms with van der Waals surface area (Å²) in [6.07, 6.45) is 6.01. The smallest absolute Gasteiger partial charge is 0.289 e. The zero-order valence-corrected chi connectivity index (χ0v) is 29.5. The molecule has 1 saturated heterocycles. The molecule has 48 heavy (non-hydrogen) atoms. The minimum absolute atomic E-state index is 0.0437. The number of nitrogens with zero attached hydrogens (tertiary/aromatic N) is 3. The molecule has 5 atom stereocenters. The number of amides is 5. The van der Waals surface area contributed by atoms with Gasteiger partial charge in [0, 0.05) is 35.3 Å². The molecule has 2 aliphatic carbocycles.